The van der Waals surface area contributed by atoms with Gasteiger partial charge in [-0.1, -0.05) is 41.9 Å². The average molecular weight is 535 g/mol. The van der Waals surface area contributed by atoms with Gasteiger partial charge in [-0.05, 0) is 49.9 Å². The highest BCUT2D eigenvalue weighted by Gasteiger charge is 2.47. The fourth-order valence-electron chi connectivity index (χ4n) is 6.22. The molecule has 6 nitrogen and oxygen atoms in total. The molecule has 0 saturated heterocycles. The maximum atomic E-state index is 15.7. The molecule has 1 heterocycles. The highest BCUT2D eigenvalue weighted by Crippen LogP contribution is 2.55. The summed E-state index contributed by atoms with van der Waals surface area (Å²) in [6.07, 6.45) is 2.78. The van der Waals surface area contributed by atoms with Gasteiger partial charge in [-0.3, -0.25) is 4.79 Å². The summed E-state index contributed by atoms with van der Waals surface area (Å²) in [5.74, 6) is -0.859. The van der Waals surface area contributed by atoms with Crippen molar-refractivity contribution in [2.24, 2.45) is 5.92 Å². The van der Waals surface area contributed by atoms with Crippen LogP contribution in [0.15, 0.2) is 54.6 Å². The van der Waals surface area contributed by atoms with Gasteiger partial charge < -0.3 is 25.6 Å². The van der Waals surface area contributed by atoms with Gasteiger partial charge in [-0.25, -0.2) is 4.39 Å². The number of nitrogens with one attached hydrogen (secondary N) is 1. The minimum Gasteiger partial charge on any atom is -0.494 e. The average Bonchev–Trinajstić information content (AvgIpc) is 3.28. The van der Waals surface area contributed by atoms with Crippen LogP contribution in [0.1, 0.15) is 36.8 Å². The predicted octanol–water partition coefficient (Wildman–Crippen LogP) is 6.25. The lowest BCUT2D eigenvalue weighted by atomic mass is 9.81. The second kappa shape index (κ2) is 9.33. The maximum absolute atomic E-state index is 15.7. The zero-order valence-electron chi connectivity index (χ0n) is 20.9. The number of hydrogen-bond donors (Lipinski definition) is 3. The van der Waals surface area contributed by atoms with E-state index in [1.807, 2.05) is 30.3 Å². The summed E-state index contributed by atoms with van der Waals surface area (Å²) in [5.41, 5.74) is 7.97. The first kappa shape index (κ1) is 24.8. The first-order chi connectivity index (χ1) is 18.4. The Balaban J connectivity index is 1.54. The quantitative estimate of drug-likeness (QED) is 0.200. The molecule has 196 valence electrons. The van der Waals surface area contributed by atoms with E-state index in [2.05, 4.69) is 5.32 Å². The summed E-state index contributed by atoms with van der Waals surface area (Å²) in [4.78, 5) is 11.4. The molecule has 1 atom stereocenters. The molecule has 0 unspecified atom stereocenters. The third-order valence-corrected chi connectivity index (χ3v) is 8.46. The minimum absolute atomic E-state index is 0.112. The van der Waals surface area contributed by atoms with E-state index in [0.29, 0.717) is 57.4 Å². The standard InChI is InChI=1S/C30H28ClFN2O4/c1-37-22-13-11-19-23(27(22)32)24-20(31)12-14-21-25(24)26(28(19)33)30(38-21,17-5-3-2-4-6-17)15-34-18-9-7-16(8-10-18)29(35)36/h2-6,11-14,16,18,34H,7-10,15,33H2,1H3,(H,35,36)/t16?,18?,30-/m1/s1. The summed E-state index contributed by atoms with van der Waals surface area (Å²) in [7, 11) is 1.43. The van der Waals surface area contributed by atoms with Crippen molar-refractivity contribution in [3.63, 3.8) is 0 Å². The highest BCUT2D eigenvalue weighted by molar-refractivity contribution is 6.39. The van der Waals surface area contributed by atoms with Crippen LogP contribution in [0.3, 0.4) is 0 Å². The molecule has 0 amide bonds. The van der Waals surface area contributed by atoms with E-state index in [1.165, 1.54) is 7.11 Å². The van der Waals surface area contributed by atoms with E-state index in [1.54, 1.807) is 24.3 Å². The van der Waals surface area contributed by atoms with Crippen molar-refractivity contribution < 1.29 is 23.8 Å². The number of nitrogen functional groups attached to an aromatic ring is 1. The minimum atomic E-state index is -0.995. The monoisotopic (exact) mass is 534 g/mol. The Morgan fingerprint density at radius 2 is 1.84 bits per heavy atom. The number of methoxy groups -OCH3 is 1. The van der Waals surface area contributed by atoms with Crippen LogP contribution < -0.4 is 20.5 Å². The van der Waals surface area contributed by atoms with Crippen LogP contribution >= 0.6 is 11.6 Å². The molecule has 1 aliphatic heterocycles. The predicted molar refractivity (Wildman–Crippen MR) is 147 cm³/mol. The number of halogens is 2. The van der Waals surface area contributed by atoms with Crippen molar-refractivity contribution in [3.05, 3.63) is 76.6 Å². The highest BCUT2D eigenvalue weighted by atomic mass is 35.5. The molecular formula is C30H28ClFN2O4. The van der Waals surface area contributed by atoms with E-state index >= 15 is 4.39 Å². The fraction of sp³-hybridized carbons (Fsp3) is 0.300. The maximum Gasteiger partial charge on any atom is 0.306 e. The number of nitrogens with two attached hydrogens (primary N) is 1. The number of rotatable bonds is 6. The summed E-state index contributed by atoms with van der Waals surface area (Å²) in [5, 5.41) is 15.5. The Kier molecular flexibility index (Phi) is 6.08. The molecule has 6 rings (SSSR count). The second-order valence-corrected chi connectivity index (χ2v) is 10.6. The molecule has 4 aromatic carbocycles. The topological polar surface area (TPSA) is 93.8 Å². The number of benzene rings is 4. The zero-order chi connectivity index (χ0) is 26.6. The lowest BCUT2D eigenvalue weighted by molar-refractivity contribution is -0.142. The Morgan fingerprint density at radius 3 is 2.53 bits per heavy atom. The third kappa shape index (κ3) is 3.68. The van der Waals surface area contributed by atoms with Crippen molar-refractivity contribution in [3.8, 4) is 11.5 Å². The molecular weight excluding hydrogens is 507 g/mol. The molecule has 4 aromatic rings. The number of fused-ring (bicyclic) bond motifs is 2. The van der Waals surface area contributed by atoms with E-state index in [0.717, 1.165) is 24.0 Å². The van der Waals surface area contributed by atoms with Crippen molar-refractivity contribution in [2.45, 2.75) is 37.3 Å². The van der Waals surface area contributed by atoms with Gasteiger partial charge in [-0.2, -0.15) is 0 Å². The van der Waals surface area contributed by atoms with Crippen LogP contribution in [-0.4, -0.2) is 30.8 Å². The normalized spacial score (nSPS) is 22.5. The Bertz CT molecular complexity index is 1570. The van der Waals surface area contributed by atoms with E-state index in [9.17, 15) is 9.90 Å². The molecule has 0 aromatic heterocycles. The van der Waals surface area contributed by atoms with Gasteiger partial charge in [0.25, 0.3) is 0 Å². The van der Waals surface area contributed by atoms with E-state index < -0.39 is 17.4 Å². The largest absolute Gasteiger partial charge is 0.494 e. The Morgan fingerprint density at radius 1 is 1.11 bits per heavy atom. The number of carbonyl (C=O) groups is 1. The van der Waals surface area contributed by atoms with Crippen LogP contribution in [0.2, 0.25) is 5.02 Å². The van der Waals surface area contributed by atoms with E-state index in [-0.39, 0.29) is 17.7 Å². The molecule has 4 N–H and O–H groups in total. The molecule has 0 bridgehead atoms. The summed E-state index contributed by atoms with van der Waals surface area (Å²) >= 11 is 6.74. The van der Waals surface area contributed by atoms with E-state index in [4.69, 9.17) is 26.8 Å². The molecule has 1 aliphatic carbocycles. The smallest absolute Gasteiger partial charge is 0.306 e. The van der Waals surface area contributed by atoms with Gasteiger partial charge in [0.15, 0.2) is 17.2 Å². The molecule has 8 heteroatoms. The Labute approximate surface area is 224 Å². The van der Waals surface area contributed by atoms with Crippen molar-refractivity contribution in [2.75, 3.05) is 19.4 Å². The molecule has 0 spiro atoms. The van der Waals surface area contributed by atoms with Crippen LogP contribution in [-0.2, 0) is 10.4 Å². The van der Waals surface area contributed by atoms with Crippen LogP contribution in [0.4, 0.5) is 10.1 Å². The fourth-order valence-corrected chi connectivity index (χ4v) is 6.47. The first-order valence-electron chi connectivity index (χ1n) is 12.8. The van der Waals surface area contributed by atoms with Gasteiger partial charge >= 0.3 is 5.97 Å². The SMILES string of the molecule is COc1ccc2c(N)c3c4c(ccc(Cl)c4c2c1F)O[C@]3(CNC1CCC(C(=O)O)CC1)c1ccccc1. The Hall–Kier alpha value is -3.55. The molecule has 1 saturated carbocycles. The number of aliphatic carboxylic acids is 1. The summed E-state index contributed by atoms with van der Waals surface area (Å²) < 4.78 is 27.8. The molecule has 2 aliphatic rings. The van der Waals surface area contributed by atoms with Crippen molar-refractivity contribution in [1.82, 2.24) is 5.32 Å². The lowest BCUT2D eigenvalue weighted by Crippen LogP contribution is -2.47. The van der Waals surface area contributed by atoms with Gasteiger partial charge in [0.05, 0.1) is 13.0 Å². The van der Waals surface area contributed by atoms with Crippen LogP contribution in [0.25, 0.3) is 21.5 Å². The summed E-state index contributed by atoms with van der Waals surface area (Å²) in [6, 6.07) is 16.9. The number of hydrogen-bond acceptors (Lipinski definition) is 5. The van der Waals surface area contributed by atoms with Crippen molar-refractivity contribution >= 4 is 44.8 Å². The lowest BCUT2D eigenvalue weighted by Gasteiger charge is -2.35. The second-order valence-electron chi connectivity index (χ2n) is 10.2. The van der Waals surface area contributed by atoms with Crippen LogP contribution in [0, 0.1) is 11.7 Å². The molecule has 1 fully saturated rings. The first-order valence-corrected chi connectivity index (χ1v) is 13.1. The van der Waals surface area contributed by atoms with Gasteiger partial charge in [0.2, 0.25) is 0 Å². The number of carboxylic acids is 1. The molecule has 38 heavy (non-hydrogen) atoms. The van der Waals surface area contributed by atoms with Crippen LogP contribution in [0.5, 0.6) is 11.5 Å². The number of carboxylic acid groups (broad SMARTS) is 1. The van der Waals surface area contributed by atoms with Gasteiger partial charge in [0.1, 0.15) is 5.75 Å². The zero-order valence-corrected chi connectivity index (χ0v) is 21.6. The number of anilines is 1. The van der Waals surface area contributed by atoms with Crippen molar-refractivity contribution in [1.29, 1.82) is 0 Å². The van der Waals surface area contributed by atoms with Gasteiger partial charge in [-0.15, -0.1) is 0 Å². The van der Waals surface area contributed by atoms with Gasteiger partial charge in [0, 0.05) is 56.0 Å². The summed E-state index contributed by atoms with van der Waals surface area (Å²) in [6.45, 7) is 0.398. The third-order valence-electron chi connectivity index (χ3n) is 8.15. The molecule has 0 radical (unpaired) electrons. The number of ether oxygens (including phenoxy) is 2.